The van der Waals surface area contributed by atoms with E-state index in [9.17, 15) is 14.3 Å². The topological polar surface area (TPSA) is 58.6 Å². The van der Waals surface area contributed by atoms with Crippen LogP contribution >= 0.6 is 11.6 Å². The van der Waals surface area contributed by atoms with E-state index in [1.54, 1.807) is 24.3 Å². The van der Waals surface area contributed by atoms with Crippen molar-refractivity contribution in [3.8, 4) is 5.75 Å². The molecule has 0 aromatic heterocycles. The van der Waals surface area contributed by atoms with Crippen LogP contribution in [0.15, 0.2) is 42.5 Å². The number of halogens is 2. The van der Waals surface area contributed by atoms with Crippen LogP contribution in [0.2, 0.25) is 5.02 Å². The Morgan fingerprint density at radius 1 is 1.29 bits per heavy atom. The van der Waals surface area contributed by atoms with E-state index >= 15 is 0 Å². The van der Waals surface area contributed by atoms with E-state index in [1.807, 2.05) is 0 Å². The van der Waals surface area contributed by atoms with Crippen LogP contribution in [0.4, 0.5) is 10.1 Å². The van der Waals surface area contributed by atoms with Crippen molar-refractivity contribution in [2.24, 2.45) is 0 Å². The molecule has 0 saturated carbocycles. The minimum Gasteiger partial charge on any atom is -0.497 e. The zero-order chi connectivity index (χ0) is 15.4. The molecule has 0 aliphatic heterocycles. The van der Waals surface area contributed by atoms with Gasteiger partial charge in [-0.05, 0) is 48.0 Å². The van der Waals surface area contributed by atoms with Crippen molar-refractivity contribution in [1.29, 1.82) is 0 Å². The molecule has 0 radical (unpaired) electrons. The summed E-state index contributed by atoms with van der Waals surface area (Å²) in [7, 11) is 1.54. The summed E-state index contributed by atoms with van der Waals surface area (Å²) in [6.07, 6.45) is 0. The largest absolute Gasteiger partial charge is 0.497 e. The molecule has 0 aliphatic carbocycles. The molecular weight excluding hydrogens is 297 g/mol. The molecule has 0 fully saturated rings. The van der Waals surface area contributed by atoms with E-state index in [2.05, 4.69) is 5.32 Å². The predicted molar refractivity (Wildman–Crippen MR) is 78.4 cm³/mol. The highest BCUT2D eigenvalue weighted by atomic mass is 35.5. The van der Waals surface area contributed by atoms with Crippen LogP contribution in [0, 0.1) is 5.82 Å². The van der Waals surface area contributed by atoms with Gasteiger partial charge >= 0.3 is 5.97 Å². The van der Waals surface area contributed by atoms with Gasteiger partial charge in [0, 0.05) is 10.7 Å². The fourth-order valence-electron chi connectivity index (χ4n) is 1.88. The Morgan fingerprint density at radius 3 is 2.48 bits per heavy atom. The Hall–Kier alpha value is -2.27. The monoisotopic (exact) mass is 309 g/mol. The Labute approximate surface area is 126 Å². The Morgan fingerprint density at radius 2 is 1.95 bits per heavy atom. The molecule has 2 N–H and O–H groups in total. The van der Waals surface area contributed by atoms with Crippen molar-refractivity contribution in [3.63, 3.8) is 0 Å². The van der Waals surface area contributed by atoms with Gasteiger partial charge in [0.05, 0.1) is 7.11 Å². The third-order valence-electron chi connectivity index (χ3n) is 2.87. The van der Waals surface area contributed by atoms with E-state index in [1.165, 1.54) is 13.2 Å². The number of rotatable bonds is 5. The Balaban J connectivity index is 2.28. The fourth-order valence-corrected chi connectivity index (χ4v) is 2.11. The van der Waals surface area contributed by atoms with Crippen molar-refractivity contribution in [3.05, 3.63) is 58.9 Å². The second-order valence-corrected chi connectivity index (χ2v) is 4.78. The molecule has 2 aromatic carbocycles. The molecule has 2 rings (SSSR count). The average molecular weight is 310 g/mol. The number of carbonyl (C=O) groups is 1. The molecule has 0 bridgehead atoms. The lowest BCUT2D eigenvalue weighted by molar-refractivity contribution is -0.138. The number of anilines is 1. The summed E-state index contributed by atoms with van der Waals surface area (Å²) in [5.41, 5.74) is 0.812. The van der Waals surface area contributed by atoms with Gasteiger partial charge in [-0.3, -0.25) is 0 Å². The number of ether oxygens (including phenoxy) is 1. The van der Waals surface area contributed by atoms with Gasteiger partial charge in [0.15, 0.2) is 6.04 Å². The molecule has 0 amide bonds. The lowest BCUT2D eigenvalue weighted by Gasteiger charge is -2.17. The highest BCUT2D eigenvalue weighted by Gasteiger charge is 2.20. The molecule has 1 atom stereocenters. The number of hydrogen-bond acceptors (Lipinski definition) is 3. The number of carboxylic acid groups (broad SMARTS) is 1. The van der Waals surface area contributed by atoms with Gasteiger partial charge in [-0.2, -0.15) is 0 Å². The SMILES string of the molecule is COc1ccc(NC(C(=O)O)c2cc(F)cc(Cl)c2)cc1. The van der Waals surface area contributed by atoms with Crippen LogP contribution in [0.25, 0.3) is 0 Å². The van der Waals surface area contributed by atoms with Gasteiger partial charge in [0.25, 0.3) is 0 Å². The van der Waals surface area contributed by atoms with Gasteiger partial charge in [-0.15, -0.1) is 0 Å². The summed E-state index contributed by atoms with van der Waals surface area (Å²) >= 11 is 5.76. The first-order valence-corrected chi connectivity index (χ1v) is 6.47. The summed E-state index contributed by atoms with van der Waals surface area (Å²) in [4.78, 5) is 11.4. The number of methoxy groups -OCH3 is 1. The van der Waals surface area contributed by atoms with E-state index in [4.69, 9.17) is 16.3 Å². The van der Waals surface area contributed by atoms with Crippen LogP contribution in [-0.2, 0) is 4.79 Å². The van der Waals surface area contributed by atoms with E-state index in [0.717, 1.165) is 12.1 Å². The highest BCUT2D eigenvalue weighted by Crippen LogP contribution is 2.25. The van der Waals surface area contributed by atoms with Gasteiger partial charge in [0.1, 0.15) is 11.6 Å². The summed E-state index contributed by atoms with van der Waals surface area (Å²) in [5, 5.41) is 12.3. The van der Waals surface area contributed by atoms with E-state index < -0.39 is 17.8 Å². The van der Waals surface area contributed by atoms with E-state index in [-0.39, 0.29) is 10.6 Å². The highest BCUT2D eigenvalue weighted by molar-refractivity contribution is 6.30. The maximum atomic E-state index is 13.4. The molecule has 0 aliphatic rings. The van der Waals surface area contributed by atoms with Crippen LogP contribution in [0.5, 0.6) is 5.75 Å². The Bertz CT molecular complexity index is 626. The minimum atomic E-state index is -1.13. The lowest BCUT2D eigenvalue weighted by Crippen LogP contribution is -2.20. The van der Waals surface area contributed by atoms with Crippen molar-refractivity contribution in [2.45, 2.75) is 6.04 Å². The summed E-state index contributed by atoms with van der Waals surface area (Å²) in [6.45, 7) is 0. The average Bonchev–Trinajstić information content (AvgIpc) is 2.44. The number of benzene rings is 2. The van der Waals surface area contributed by atoms with Crippen molar-refractivity contribution >= 4 is 23.3 Å². The van der Waals surface area contributed by atoms with Gasteiger partial charge in [0.2, 0.25) is 0 Å². The number of aliphatic carboxylic acids is 1. The van der Waals surface area contributed by atoms with E-state index in [0.29, 0.717) is 11.4 Å². The van der Waals surface area contributed by atoms with Gasteiger partial charge in [-0.25, -0.2) is 9.18 Å². The van der Waals surface area contributed by atoms with Crippen molar-refractivity contribution in [2.75, 3.05) is 12.4 Å². The molecule has 2 aromatic rings. The van der Waals surface area contributed by atoms with Crippen molar-refractivity contribution in [1.82, 2.24) is 0 Å². The fraction of sp³-hybridized carbons (Fsp3) is 0.133. The first kappa shape index (κ1) is 15.1. The Kier molecular flexibility index (Phi) is 4.65. The predicted octanol–water partition coefficient (Wildman–Crippen LogP) is 3.73. The van der Waals surface area contributed by atoms with Gasteiger partial charge in [-0.1, -0.05) is 11.6 Å². The molecule has 1 unspecified atom stereocenters. The third-order valence-corrected chi connectivity index (χ3v) is 3.08. The number of carboxylic acids is 1. The number of nitrogens with one attached hydrogen (secondary N) is 1. The van der Waals surface area contributed by atoms with Crippen molar-refractivity contribution < 1.29 is 19.0 Å². The normalized spacial score (nSPS) is 11.8. The molecular formula is C15H13ClFNO3. The summed E-state index contributed by atoms with van der Waals surface area (Å²) in [6, 6.07) is 9.32. The molecule has 0 spiro atoms. The zero-order valence-corrected chi connectivity index (χ0v) is 11.9. The maximum absolute atomic E-state index is 13.4. The maximum Gasteiger partial charge on any atom is 0.330 e. The molecule has 0 heterocycles. The molecule has 6 heteroatoms. The minimum absolute atomic E-state index is 0.146. The lowest BCUT2D eigenvalue weighted by atomic mass is 10.1. The standard InChI is InChI=1S/C15H13ClFNO3/c1-21-13-4-2-12(3-5-13)18-14(15(19)20)9-6-10(16)8-11(17)7-9/h2-8,14,18H,1H3,(H,19,20). The summed E-state index contributed by atoms with van der Waals surface area (Å²) in [5.74, 6) is -1.06. The van der Waals surface area contributed by atoms with Crippen LogP contribution in [0.1, 0.15) is 11.6 Å². The molecule has 4 nitrogen and oxygen atoms in total. The molecule has 21 heavy (non-hydrogen) atoms. The third kappa shape index (κ3) is 3.86. The molecule has 110 valence electrons. The van der Waals surface area contributed by atoms with Crippen LogP contribution in [-0.4, -0.2) is 18.2 Å². The summed E-state index contributed by atoms with van der Waals surface area (Å²) < 4.78 is 18.4. The molecule has 0 saturated heterocycles. The first-order valence-electron chi connectivity index (χ1n) is 6.09. The number of hydrogen-bond donors (Lipinski definition) is 2. The smallest absolute Gasteiger partial charge is 0.330 e. The van der Waals surface area contributed by atoms with Gasteiger partial charge < -0.3 is 15.2 Å². The quantitative estimate of drug-likeness (QED) is 0.883. The van der Waals surface area contributed by atoms with Crippen LogP contribution in [0.3, 0.4) is 0 Å². The second kappa shape index (κ2) is 6.45. The van der Waals surface area contributed by atoms with Crippen LogP contribution < -0.4 is 10.1 Å². The zero-order valence-electron chi connectivity index (χ0n) is 11.1. The second-order valence-electron chi connectivity index (χ2n) is 4.35. The first-order chi connectivity index (χ1) is 9.99.